The molecule has 2 amide bonds. The molecule has 0 radical (unpaired) electrons. The third kappa shape index (κ3) is 2.51. The fourth-order valence-electron chi connectivity index (χ4n) is 1.64. The maximum atomic E-state index is 13.6. The smallest absolute Gasteiger partial charge is 0.314 e. The van der Waals surface area contributed by atoms with Gasteiger partial charge in [-0.3, -0.25) is 0 Å². The van der Waals surface area contributed by atoms with Crippen molar-refractivity contribution in [1.29, 1.82) is 0 Å². The lowest BCUT2D eigenvalue weighted by molar-refractivity contribution is 0.242. The number of hydrogen-bond acceptors (Lipinski definition) is 1. The van der Waals surface area contributed by atoms with Crippen molar-refractivity contribution in [3.63, 3.8) is 0 Å². The van der Waals surface area contributed by atoms with Gasteiger partial charge >= 0.3 is 6.03 Å². The summed E-state index contributed by atoms with van der Waals surface area (Å²) in [6, 6.07) is 4.98. The first-order chi connectivity index (χ1) is 7.70. The van der Waals surface area contributed by atoms with Crippen molar-refractivity contribution in [1.82, 2.24) is 10.6 Å². The molecule has 4 heteroatoms. The molecular formula is C12H15FN2O. The first kappa shape index (κ1) is 10.9. The van der Waals surface area contributed by atoms with E-state index in [1.165, 1.54) is 7.05 Å². The Labute approximate surface area is 94.0 Å². The Balaban J connectivity index is 2.01. The van der Waals surface area contributed by atoms with Crippen LogP contribution in [0.2, 0.25) is 0 Å². The van der Waals surface area contributed by atoms with Gasteiger partial charge in [0.25, 0.3) is 0 Å². The number of carbonyl (C=O) groups excluding carboxylic acids is 1. The van der Waals surface area contributed by atoms with Crippen LogP contribution in [0.3, 0.4) is 0 Å². The highest BCUT2D eigenvalue weighted by Crippen LogP contribution is 2.40. The van der Waals surface area contributed by atoms with Gasteiger partial charge in [0, 0.05) is 19.2 Å². The van der Waals surface area contributed by atoms with E-state index in [-0.39, 0.29) is 18.4 Å². The SMILES string of the molecule is CNC(=O)NCc1ccc(C2CC2)cc1F. The second-order valence-corrected chi connectivity index (χ2v) is 4.06. The number of benzene rings is 1. The van der Waals surface area contributed by atoms with E-state index in [0.29, 0.717) is 11.5 Å². The summed E-state index contributed by atoms with van der Waals surface area (Å²) in [6.07, 6.45) is 2.32. The molecule has 1 aliphatic rings. The Kier molecular flexibility index (Phi) is 3.08. The second-order valence-electron chi connectivity index (χ2n) is 4.06. The predicted octanol–water partition coefficient (Wildman–Crippen LogP) is 2.13. The number of amides is 2. The van der Waals surface area contributed by atoms with Crippen LogP contribution in [0.5, 0.6) is 0 Å². The van der Waals surface area contributed by atoms with Crippen molar-refractivity contribution in [2.75, 3.05) is 7.05 Å². The standard InChI is InChI=1S/C12H15FN2O/c1-14-12(16)15-7-10-5-4-9(6-11(10)13)8-2-3-8/h4-6,8H,2-3,7H2,1H3,(H2,14,15,16). The molecule has 1 aromatic carbocycles. The van der Waals surface area contributed by atoms with Crippen LogP contribution in [0.25, 0.3) is 0 Å². The minimum Gasteiger partial charge on any atom is -0.341 e. The van der Waals surface area contributed by atoms with Crippen molar-refractivity contribution in [2.24, 2.45) is 0 Å². The second kappa shape index (κ2) is 4.51. The van der Waals surface area contributed by atoms with Crippen LogP contribution in [0.4, 0.5) is 9.18 Å². The van der Waals surface area contributed by atoms with Gasteiger partial charge in [0.15, 0.2) is 0 Å². The molecule has 1 saturated carbocycles. The fraction of sp³-hybridized carbons (Fsp3) is 0.417. The van der Waals surface area contributed by atoms with E-state index in [4.69, 9.17) is 0 Å². The molecule has 0 spiro atoms. The van der Waals surface area contributed by atoms with Crippen molar-refractivity contribution in [3.05, 3.63) is 35.1 Å². The number of halogens is 1. The first-order valence-electron chi connectivity index (χ1n) is 5.44. The highest BCUT2D eigenvalue weighted by molar-refractivity contribution is 5.73. The molecule has 2 N–H and O–H groups in total. The van der Waals surface area contributed by atoms with Crippen LogP contribution in [0.15, 0.2) is 18.2 Å². The van der Waals surface area contributed by atoms with Crippen molar-refractivity contribution in [2.45, 2.75) is 25.3 Å². The molecule has 16 heavy (non-hydrogen) atoms. The van der Waals surface area contributed by atoms with Crippen LogP contribution in [-0.2, 0) is 6.54 Å². The van der Waals surface area contributed by atoms with E-state index in [2.05, 4.69) is 10.6 Å². The summed E-state index contributed by atoms with van der Waals surface area (Å²) >= 11 is 0. The Hall–Kier alpha value is -1.58. The van der Waals surface area contributed by atoms with Gasteiger partial charge in [-0.1, -0.05) is 12.1 Å². The maximum Gasteiger partial charge on any atom is 0.314 e. The van der Waals surface area contributed by atoms with Crippen LogP contribution in [0, 0.1) is 5.82 Å². The molecule has 0 bridgehead atoms. The predicted molar refractivity (Wildman–Crippen MR) is 59.7 cm³/mol. The average molecular weight is 222 g/mol. The molecule has 0 aliphatic heterocycles. The number of rotatable bonds is 3. The van der Waals surface area contributed by atoms with E-state index >= 15 is 0 Å². The molecule has 0 unspecified atom stereocenters. The van der Waals surface area contributed by atoms with Crippen LogP contribution >= 0.6 is 0 Å². The molecule has 1 aliphatic carbocycles. The molecule has 2 rings (SSSR count). The van der Waals surface area contributed by atoms with Gasteiger partial charge in [0.2, 0.25) is 0 Å². The normalized spacial score (nSPS) is 14.6. The summed E-state index contributed by atoms with van der Waals surface area (Å²) in [4.78, 5) is 10.9. The number of urea groups is 1. The van der Waals surface area contributed by atoms with Gasteiger partial charge in [0.05, 0.1) is 0 Å². The first-order valence-corrected chi connectivity index (χ1v) is 5.44. The minimum absolute atomic E-state index is 0.219. The maximum absolute atomic E-state index is 13.6. The number of carbonyl (C=O) groups is 1. The van der Waals surface area contributed by atoms with Crippen molar-refractivity contribution >= 4 is 6.03 Å². The van der Waals surface area contributed by atoms with Crippen molar-refractivity contribution < 1.29 is 9.18 Å². The Morgan fingerprint density at radius 2 is 2.25 bits per heavy atom. The lowest BCUT2D eigenvalue weighted by Gasteiger charge is -2.07. The van der Waals surface area contributed by atoms with E-state index in [1.54, 1.807) is 12.1 Å². The molecule has 3 nitrogen and oxygen atoms in total. The molecular weight excluding hydrogens is 207 g/mol. The lowest BCUT2D eigenvalue weighted by atomic mass is 10.1. The summed E-state index contributed by atoms with van der Waals surface area (Å²) in [5.74, 6) is 0.316. The zero-order chi connectivity index (χ0) is 11.5. The molecule has 0 aromatic heterocycles. The fourth-order valence-corrected chi connectivity index (χ4v) is 1.64. The van der Waals surface area contributed by atoms with Crippen molar-refractivity contribution in [3.8, 4) is 0 Å². The van der Waals surface area contributed by atoms with Gasteiger partial charge in [-0.2, -0.15) is 0 Å². The van der Waals surface area contributed by atoms with E-state index in [0.717, 1.165) is 18.4 Å². The molecule has 86 valence electrons. The lowest BCUT2D eigenvalue weighted by Crippen LogP contribution is -2.32. The third-order valence-corrected chi connectivity index (χ3v) is 2.79. The molecule has 1 fully saturated rings. The Morgan fingerprint density at radius 1 is 1.50 bits per heavy atom. The third-order valence-electron chi connectivity index (χ3n) is 2.79. The largest absolute Gasteiger partial charge is 0.341 e. The summed E-state index contributed by atoms with van der Waals surface area (Å²) < 4.78 is 13.6. The zero-order valence-corrected chi connectivity index (χ0v) is 9.22. The van der Waals surface area contributed by atoms with Crippen LogP contribution < -0.4 is 10.6 Å². The van der Waals surface area contributed by atoms with Crippen LogP contribution in [0.1, 0.15) is 29.9 Å². The summed E-state index contributed by atoms with van der Waals surface area (Å²) in [5, 5.41) is 4.99. The van der Waals surface area contributed by atoms with Gasteiger partial charge < -0.3 is 10.6 Å². The Morgan fingerprint density at radius 3 is 2.81 bits per heavy atom. The quantitative estimate of drug-likeness (QED) is 0.808. The molecule has 0 saturated heterocycles. The van der Waals surface area contributed by atoms with Gasteiger partial charge in [0.1, 0.15) is 5.82 Å². The van der Waals surface area contributed by atoms with E-state index in [1.807, 2.05) is 6.07 Å². The highest BCUT2D eigenvalue weighted by Gasteiger charge is 2.24. The zero-order valence-electron chi connectivity index (χ0n) is 9.22. The topological polar surface area (TPSA) is 41.1 Å². The van der Waals surface area contributed by atoms with Crippen LogP contribution in [-0.4, -0.2) is 13.1 Å². The highest BCUT2D eigenvalue weighted by atomic mass is 19.1. The van der Waals surface area contributed by atoms with E-state index < -0.39 is 0 Å². The minimum atomic E-state index is -0.300. The van der Waals surface area contributed by atoms with Gasteiger partial charge in [-0.15, -0.1) is 0 Å². The van der Waals surface area contributed by atoms with E-state index in [9.17, 15) is 9.18 Å². The molecule has 0 heterocycles. The molecule has 1 aromatic rings. The molecule has 0 atom stereocenters. The van der Waals surface area contributed by atoms with Gasteiger partial charge in [-0.05, 0) is 30.4 Å². The van der Waals surface area contributed by atoms with Gasteiger partial charge in [-0.25, -0.2) is 9.18 Å². The summed E-state index contributed by atoms with van der Waals surface area (Å²) in [5.41, 5.74) is 1.59. The summed E-state index contributed by atoms with van der Waals surface area (Å²) in [6.45, 7) is 0.219. The number of nitrogens with one attached hydrogen (secondary N) is 2. The monoisotopic (exact) mass is 222 g/mol. The summed E-state index contributed by atoms with van der Waals surface area (Å²) in [7, 11) is 1.53. The Bertz CT molecular complexity index is 402. The number of hydrogen-bond donors (Lipinski definition) is 2. The average Bonchev–Trinajstić information content (AvgIpc) is 3.10.